The smallest absolute Gasteiger partial charge is 0.222 e. The molecule has 0 fully saturated rings. The Morgan fingerprint density at radius 1 is 1.03 bits per heavy atom. The van der Waals surface area contributed by atoms with Crippen LogP contribution in [0.15, 0.2) is 79.4 Å². The highest BCUT2D eigenvalue weighted by molar-refractivity contribution is 5.76. The van der Waals surface area contributed by atoms with Crippen molar-refractivity contribution in [3.8, 4) is 11.4 Å². The molecule has 0 radical (unpaired) electrons. The number of imidazole rings is 2. The summed E-state index contributed by atoms with van der Waals surface area (Å²) in [5.74, 6) is 1.06. The van der Waals surface area contributed by atoms with Crippen molar-refractivity contribution >= 4 is 5.91 Å². The van der Waals surface area contributed by atoms with Crippen LogP contribution in [0.25, 0.3) is 11.4 Å². The SMILES string of the molecule is Cn1ccnc1[C@H](NC(=O)CCn1ccnc1-c1ccccc1)c1ccc(F)cc1. The third-order valence-electron chi connectivity index (χ3n) is 4.95. The van der Waals surface area contributed by atoms with E-state index >= 15 is 0 Å². The average Bonchev–Trinajstić information content (AvgIpc) is 3.41. The zero-order valence-corrected chi connectivity index (χ0v) is 16.6. The number of amides is 1. The normalized spacial score (nSPS) is 11.9. The predicted octanol–water partition coefficient (Wildman–Crippen LogP) is 3.72. The number of hydrogen-bond acceptors (Lipinski definition) is 3. The number of nitrogens with one attached hydrogen (secondary N) is 1. The van der Waals surface area contributed by atoms with Crippen molar-refractivity contribution in [3.63, 3.8) is 0 Å². The first-order chi connectivity index (χ1) is 14.6. The van der Waals surface area contributed by atoms with Crippen molar-refractivity contribution in [2.24, 2.45) is 7.05 Å². The van der Waals surface area contributed by atoms with Crippen LogP contribution in [0.5, 0.6) is 0 Å². The molecule has 0 saturated carbocycles. The summed E-state index contributed by atoms with van der Waals surface area (Å²) in [4.78, 5) is 21.6. The topological polar surface area (TPSA) is 64.7 Å². The van der Waals surface area contributed by atoms with Gasteiger partial charge in [0.1, 0.15) is 23.5 Å². The molecule has 2 aromatic heterocycles. The van der Waals surface area contributed by atoms with Crippen molar-refractivity contribution in [2.45, 2.75) is 19.0 Å². The molecule has 0 spiro atoms. The minimum Gasteiger partial charge on any atom is -0.342 e. The van der Waals surface area contributed by atoms with E-state index in [1.54, 1.807) is 24.5 Å². The van der Waals surface area contributed by atoms with E-state index in [4.69, 9.17) is 0 Å². The standard InChI is InChI=1S/C23H22FN5O/c1-28-15-12-26-23(28)21(17-7-9-19(24)10-8-17)27-20(30)11-14-29-16-13-25-22(29)18-5-3-2-4-6-18/h2-10,12-13,15-16,21H,11,14H2,1H3,(H,27,30)/t21-/m1/s1. The van der Waals surface area contributed by atoms with Crippen LogP contribution in [0, 0.1) is 5.82 Å². The molecule has 0 bridgehead atoms. The lowest BCUT2D eigenvalue weighted by molar-refractivity contribution is -0.121. The molecule has 2 heterocycles. The van der Waals surface area contributed by atoms with Gasteiger partial charge in [-0.25, -0.2) is 14.4 Å². The number of hydrogen-bond donors (Lipinski definition) is 1. The molecule has 152 valence electrons. The number of aromatic nitrogens is 4. The van der Waals surface area contributed by atoms with Gasteiger partial charge < -0.3 is 14.5 Å². The Morgan fingerprint density at radius 2 is 1.77 bits per heavy atom. The minimum absolute atomic E-state index is 0.125. The lowest BCUT2D eigenvalue weighted by Crippen LogP contribution is -2.31. The van der Waals surface area contributed by atoms with E-state index in [2.05, 4.69) is 15.3 Å². The summed E-state index contributed by atoms with van der Waals surface area (Å²) in [6.07, 6.45) is 7.37. The third kappa shape index (κ3) is 4.30. The monoisotopic (exact) mass is 403 g/mol. The maximum Gasteiger partial charge on any atom is 0.222 e. The van der Waals surface area contributed by atoms with Crippen LogP contribution < -0.4 is 5.32 Å². The summed E-state index contributed by atoms with van der Waals surface area (Å²) in [5.41, 5.74) is 1.77. The second-order valence-electron chi connectivity index (χ2n) is 7.01. The Kier molecular flexibility index (Phi) is 5.70. The Balaban J connectivity index is 1.48. The van der Waals surface area contributed by atoms with Gasteiger partial charge in [-0.2, -0.15) is 0 Å². The van der Waals surface area contributed by atoms with Crippen LogP contribution in [-0.2, 0) is 18.4 Å². The molecule has 0 aliphatic rings. The molecule has 4 rings (SSSR count). The van der Waals surface area contributed by atoms with Crippen LogP contribution in [0.1, 0.15) is 23.9 Å². The first-order valence-corrected chi connectivity index (χ1v) is 9.70. The largest absolute Gasteiger partial charge is 0.342 e. The van der Waals surface area contributed by atoms with Crippen molar-refractivity contribution in [3.05, 3.63) is 96.6 Å². The summed E-state index contributed by atoms with van der Waals surface area (Å²) >= 11 is 0. The van der Waals surface area contributed by atoms with E-state index < -0.39 is 6.04 Å². The molecule has 2 aromatic carbocycles. The molecule has 7 heteroatoms. The summed E-state index contributed by atoms with van der Waals surface area (Å²) in [6.45, 7) is 0.493. The quantitative estimate of drug-likeness (QED) is 0.512. The summed E-state index contributed by atoms with van der Waals surface area (Å²) < 4.78 is 17.2. The molecule has 1 atom stereocenters. The van der Waals surface area contributed by atoms with Crippen LogP contribution in [0.3, 0.4) is 0 Å². The molecule has 1 amide bonds. The Bertz CT molecular complexity index is 1120. The highest BCUT2D eigenvalue weighted by atomic mass is 19.1. The fourth-order valence-corrected chi connectivity index (χ4v) is 3.40. The maximum absolute atomic E-state index is 13.4. The molecular formula is C23H22FN5O. The van der Waals surface area contributed by atoms with E-state index in [0.29, 0.717) is 12.4 Å². The van der Waals surface area contributed by atoms with Crippen LogP contribution in [0.4, 0.5) is 4.39 Å². The van der Waals surface area contributed by atoms with E-state index in [1.165, 1.54) is 12.1 Å². The highest BCUT2D eigenvalue weighted by Crippen LogP contribution is 2.21. The van der Waals surface area contributed by atoms with Gasteiger partial charge in [-0.1, -0.05) is 42.5 Å². The first-order valence-electron chi connectivity index (χ1n) is 9.70. The lowest BCUT2D eigenvalue weighted by atomic mass is 10.1. The molecule has 4 aromatic rings. The van der Waals surface area contributed by atoms with Gasteiger partial charge >= 0.3 is 0 Å². The highest BCUT2D eigenvalue weighted by Gasteiger charge is 2.21. The van der Waals surface area contributed by atoms with Gasteiger partial charge in [0.15, 0.2) is 0 Å². The molecule has 30 heavy (non-hydrogen) atoms. The van der Waals surface area contributed by atoms with E-state index in [1.807, 2.05) is 58.9 Å². The van der Waals surface area contributed by atoms with Crippen LogP contribution in [-0.4, -0.2) is 25.0 Å². The van der Waals surface area contributed by atoms with Crippen LogP contribution >= 0.6 is 0 Å². The number of halogens is 1. The van der Waals surface area contributed by atoms with Gasteiger partial charge in [0.25, 0.3) is 0 Å². The molecule has 0 aliphatic heterocycles. The molecule has 1 N–H and O–H groups in total. The Labute approximate surface area is 174 Å². The van der Waals surface area contributed by atoms with Crippen LogP contribution in [0.2, 0.25) is 0 Å². The number of nitrogens with zero attached hydrogens (tertiary/aromatic N) is 4. The zero-order chi connectivity index (χ0) is 20.9. The van der Waals surface area contributed by atoms with Crippen molar-refractivity contribution in [1.29, 1.82) is 0 Å². The minimum atomic E-state index is -0.463. The number of aryl methyl sites for hydroxylation is 2. The van der Waals surface area contributed by atoms with E-state index in [0.717, 1.165) is 17.0 Å². The molecule has 0 aliphatic carbocycles. The average molecular weight is 403 g/mol. The van der Waals surface area contributed by atoms with Gasteiger partial charge in [-0.15, -0.1) is 0 Å². The van der Waals surface area contributed by atoms with Crippen molar-refractivity contribution < 1.29 is 9.18 Å². The van der Waals surface area contributed by atoms with Gasteiger partial charge in [-0.05, 0) is 17.7 Å². The maximum atomic E-state index is 13.4. The number of carbonyl (C=O) groups is 1. The second-order valence-corrected chi connectivity index (χ2v) is 7.01. The summed E-state index contributed by atoms with van der Waals surface area (Å²) in [6, 6.07) is 15.5. The van der Waals surface area contributed by atoms with E-state index in [9.17, 15) is 9.18 Å². The third-order valence-corrected chi connectivity index (χ3v) is 4.95. The molecular weight excluding hydrogens is 381 g/mol. The first kappa shape index (κ1) is 19.6. The molecule has 0 saturated heterocycles. The number of benzene rings is 2. The molecule has 6 nitrogen and oxygen atoms in total. The number of carbonyl (C=O) groups excluding carboxylic acids is 1. The number of rotatable bonds is 7. The van der Waals surface area contributed by atoms with Gasteiger partial charge in [0.05, 0.1) is 0 Å². The van der Waals surface area contributed by atoms with Gasteiger partial charge in [0.2, 0.25) is 5.91 Å². The fourth-order valence-electron chi connectivity index (χ4n) is 3.40. The van der Waals surface area contributed by atoms with Gasteiger partial charge in [0, 0.05) is 50.4 Å². The zero-order valence-electron chi connectivity index (χ0n) is 16.6. The van der Waals surface area contributed by atoms with E-state index in [-0.39, 0.29) is 18.1 Å². The fraction of sp³-hybridized carbons (Fsp3) is 0.174. The van der Waals surface area contributed by atoms with Gasteiger partial charge in [-0.3, -0.25) is 4.79 Å². The van der Waals surface area contributed by atoms with Crippen molar-refractivity contribution in [2.75, 3.05) is 0 Å². The Hall–Kier alpha value is -3.74. The predicted molar refractivity (Wildman–Crippen MR) is 112 cm³/mol. The summed E-state index contributed by atoms with van der Waals surface area (Å²) in [5, 5.41) is 3.04. The summed E-state index contributed by atoms with van der Waals surface area (Å²) in [7, 11) is 1.86. The molecule has 0 unspecified atom stereocenters. The lowest BCUT2D eigenvalue weighted by Gasteiger charge is -2.19. The van der Waals surface area contributed by atoms with Crippen molar-refractivity contribution in [1.82, 2.24) is 24.4 Å². The Morgan fingerprint density at radius 3 is 2.47 bits per heavy atom. The second kappa shape index (κ2) is 8.73.